The fourth-order valence-corrected chi connectivity index (χ4v) is 2.47. The minimum absolute atomic E-state index is 0.0595. The number of H-pyrrole nitrogens is 1. The fraction of sp³-hybridized carbons (Fsp3) is 0.556. The molecule has 1 aromatic rings. The van der Waals surface area contributed by atoms with Crippen LogP contribution < -0.4 is 0 Å². The molecule has 0 aliphatic rings. The zero-order valence-corrected chi connectivity index (χ0v) is 10.7. The maximum atomic E-state index is 12.0. The largest absolute Gasteiger partial charge is 0.465 e. The Kier molecular flexibility index (Phi) is 4.24. The molecule has 1 rings (SSSR count). The maximum Gasteiger partial charge on any atom is 0.321 e. The van der Waals surface area contributed by atoms with Crippen LogP contribution in [0, 0.1) is 6.92 Å². The van der Waals surface area contributed by atoms with Gasteiger partial charge in [0.1, 0.15) is 11.4 Å². The molecule has 0 aliphatic carbocycles. The second kappa shape index (κ2) is 5.28. The van der Waals surface area contributed by atoms with E-state index in [9.17, 15) is 13.2 Å². The number of aryl methyl sites for hydroxylation is 1. The first-order valence-electron chi connectivity index (χ1n) is 5.01. The van der Waals surface area contributed by atoms with Crippen molar-refractivity contribution in [2.45, 2.75) is 18.7 Å². The number of likely N-dealkylation sites (N-methyl/N-ethyl adjacent to an activating group) is 1. The van der Waals surface area contributed by atoms with Gasteiger partial charge in [-0.05, 0) is 13.8 Å². The lowest BCUT2D eigenvalue weighted by atomic mass is 10.5. The summed E-state index contributed by atoms with van der Waals surface area (Å²) in [6.07, 6.45) is 1.21. The highest BCUT2D eigenvalue weighted by Crippen LogP contribution is 2.15. The third kappa shape index (κ3) is 3.04. The van der Waals surface area contributed by atoms with Crippen LogP contribution in [-0.4, -0.2) is 49.1 Å². The van der Waals surface area contributed by atoms with Gasteiger partial charge >= 0.3 is 5.97 Å². The highest BCUT2D eigenvalue weighted by atomic mass is 32.2. The maximum absolute atomic E-state index is 12.0. The van der Waals surface area contributed by atoms with Crippen molar-refractivity contribution < 1.29 is 17.9 Å². The Hall–Kier alpha value is -1.41. The minimum Gasteiger partial charge on any atom is -0.465 e. The van der Waals surface area contributed by atoms with Crippen LogP contribution in [0.1, 0.15) is 12.6 Å². The summed E-state index contributed by atoms with van der Waals surface area (Å²) < 4.78 is 29.6. The van der Waals surface area contributed by atoms with E-state index in [0.717, 1.165) is 4.31 Å². The van der Waals surface area contributed by atoms with Gasteiger partial charge in [0.05, 0.1) is 18.5 Å². The molecule has 1 aromatic heterocycles. The SMILES string of the molecule is CCOC(=O)CN(C)S(=O)(=O)c1cn[nH]c1C. The molecule has 1 heterocycles. The lowest BCUT2D eigenvalue weighted by molar-refractivity contribution is -0.143. The van der Waals surface area contributed by atoms with Crippen LogP contribution in [0.15, 0.2) is 11.1 Å². The molecule has 0 bridgehead atoms. The van der Waals surface area contributed by atoms with Crippen LogP contribution in [0.5, 0.6) is 0 Å². The molecular weight excluding hydrogens is 246 g/mol. The van der Waals surface area contributed by atoms with Gasteiger partial charge in [0.15, 0.2) is 0 Å². The number of aromatic nitrogens is 2. The molecule has 0 aliphatic heterocycles. The topological polar surface area (TPSA) is 92.4 Å². The number of carbonyl (C=O) groups excluding carboxylic acids is 1. The minimum atomic E-state index is -3.70. The van der Waals surface area contributed by atoms with E-state index in [0.29, 0.717) is 5.69 Å². The Labute approximate surface area is 99.8 Å². The number of sulfonamides is 1. The van der Waals surface area contributed by atoms with Gasteiger partial charge in [0.2, 0.25) is 10.0 Å². The van der Waals surface area contributed by atoms with Gasteiger partial charge in [-0.15, -0.1) is 0 Å². The van der Waals surface area contributed by atoms with Gasteiger partial charge in [-0.25, -0.2) is 8.42 Å². The van der Waals surface area contributed by atoms with Crippen molar-refractivity contribution in [3.63, 3.8) is 0 Å². The van der Waals surface area contributed by atoms with Gasteiger partial charge in [-0.1, -0.05) is 0 Å². The monoisotopic (exact) mass is 261 g/mol. The summed E-state index contributed by atoms with van der Waals surface area (Å²) in [5.41, 5.74) is 0.431. The van der Waals surface area contributed by atoms with E-state index in [-0.39, 0.29) is 18.0 Å². The second-order valence-electron chi connectivity index (χ2n) is 3.43. The Morgan fingerprint density at radius 3 is 2.71 bits per heavy atom. The summed E-state index contributed by atoms with van der Waals surface area (Å²) in [4.78, 5) is 11.3. The van der Waals surface area contributed by atoms with Gasteiger partial charge in [0, 0.05) is 7.05 Å². The van der Waals surface area contributed by atoms with Crippen LogP contribution in [0.2, 0.25) is 0 Å². The Bertz CT molecular complexity index is 494. The summed E-state index contributed by atoms with van der Waals surface area (Å²) in [5, 5.41) is 6.17. The summed E-state index contributed by atoms with van der Waals surface area (Å²) >= 11 is 0. The number of hydrogen-bond donors (Lipinski definition) is 1. The van der Waals surface area contributed by atoms with Crippen molar-refractivity contribution in [1.29, 1.82) is 0 Å². The van der Waals surface area contributed by atoms with E-state index < -0.39 is 16.0 Å². The van der Waals surface area contributed by atoms with Crippen molar-refractivity contribution >= 4 is 16.0 Å². The molecule has 8 heteroatoms. The lowest BCUT2D eigenvalue weighted by Crippen LogP contribution is -2.33. The fourth-order valence-electron chi connectivity index (χ4n) is 1.24. The Balaban J connectivity index is 2.85. The smallest absolute Gasteiger partial charge is 0.321 e. The summed E-state index contributed by atoms with van der Waals surface area (Å²) in [6, 6.07) is 0. The van der Waals surface area contributed by atoms with Crippen LogP contribution in [0.3, 0.4) is 0 Å². The normalized spacial score (nSPS) is 11.8. The number of ether oxygens (including phenoxy) is 1. The number of aromatic amines is 1. The number of rotatable bonds is 5. The van der Waals surface area contributed by atoms with E-state index >= 15 is 0 Å². The van der Waals surface area contributed by atoms with Crippen LogP contribution in [0.25, 0.3) is 0 Å². The molecule has 0 spiro atoms. The highest BCUT2D eigenvalue weighted by molar-refractivity contribution is 7.89. The Morgan fingerprint density at radius 2 is 2.24 bits per heavy atom. The van der Waals surface area contributed by atoms with Crippen LogP contribution >= 0.6 is 0 Å². The molecule has 0 fully saturated rings. The standard InChI is InChI=1S/C9H15N3O4S/c1-4-16-9(13)6-12(3)17(14,15)8-5-10-11-7(8)2/h5H,4,6H2,1-3H3,(H,10,11). The number of nitrogens with one attached hydrogen (secondary N) is 1. The molecule has 0 unspecified atom stereocenters. The average Bonchev–Trinajstić information content (AvgIpc) is 2.65. The molecular formula is C9H15N3O4S. The summed E-state index contributed by atoms with van der Waals surface area (Å²) in [6.45, 7) is 3.16. The molecule has 0 amide bonds. The quantitative estimate of drug-likeness (QED) is 0.747. The van der Waals surface area contributed by atoms with Crippen LogP contribution in [0.4, 0.5) is 0 Å². The predicted molar refractivity (Wildman–Crippen MR) is 59.8 cm³/mol. The van der Waals surface area contributed by atoms with E-state index in [1.54, 1.807) is 13.8 Å². The molecule has 96 valence electrons. The first kappa shape index (κ1) is 13.7. The summed E-state index contributed by atoms with van der Waals surface area (Å²) in [7, 11) is -2.38. The first-order chi connectivity index (χ1) is 7.89. The first-order valence-corrected chi connectivity index (χ1v) is 6.45. The van der Waals surface area contributed by atoms with Gasteiger partial charge in [-0.3, -0.25) is 9.89 Å². The molecule has 0 saturated heterocycles. The second-order valence-corrected chi connectivity index (χ2v) is 5.44. The Morgan fingerprint density at radius 1 is 1.59 bits per heavy atom. The molecule has 0 radical (unpaired) electrons. The van der Waals surface area contributed by atoms with Crippen LogP contribution in [-0.2, 0) is 19.6 Å². The lowest BCUT2D eigenvalue weighted by Gasteiger charge is -2.15. The van der Waals surface area contributed by atoms with Crippen molar-refractivity contribution in [2.24, 2.45) is 0 Å². The van der Waals surface area contributed by atoms with E-state index in [1.807, 2.05) is 0 Å². The third-order valence-corrected chi connectivity index (χ3v) is 4.05. The van der Waals surface area contributed by atoms with E-state index in [4.69, 9.17) is 0 Å². The van der Waals surface area contributed by atoms with Crippen molar-refractivity contribution in [2.75, 3.05) is 20.2 Å². The number of nitrogens with zero attached hydrogens (tertiary/aromatic N) is 2. The molecule has 7 nitrogen and oxygen atoms in total. The average molecular weight is 261 g/mol. The molecule has 0 saturated carbocycles. The van der Waals surface area contributed by atoms with Crippen molar-refractivity contribution in [3.05, 3.63) is 11.9 Å². The number of esters is 1. The van der Waals surface area contributed by atoms with Crippen molar-refractivity contribution in [3.8, 4) is 0 Å². The van der Waals surface area contributed by atoms with Gasteiger partial charge in [-0.2, -0.15) is 9.40 Å². The van der Waals surface area contributed by atoms with Gasteiger partial charge < -0.3 is 4.74 Å². The number of carbonyl (C=O) groups is 1. The predicted octanol–water partition coefficient (Wildman–Crippen LogP) is -0.0983. The molecule has 0 atom stereocenters. The molecule has 1 N–H and O–H groups in total. The molecule has 17 heavy (non-hydrogen) atoms. The molecule has 0 aromatic carbocycles. The van der Waals surface area contributed by atoms with Gasteiger partial charge in [0.25, 0.3) is 0 Å². The third-order valence-electron chi connectivity index (χ3n) is 2.13. The highest BCUT2D eigenvalue weighted by Gasteiger charge is 2.26. The van der Waals surface area contributed by atoms with E-state index in [1.165, 1.54) is 13.2 Å². The zero-order chi connectivity index (χ0) is 13.1. The summed E-state index contributed by atoms with van der Waals surface area (Å²) in [5.74, 6) is -0.584. The van der Waals surface area contributed by atoms with E-state index in [2.05, 4.69) is 14.9 Å². The van der Waals surface area contributed by atoms with Crippen molar-refractivity contribution in [1.82, 2.24) is 14.5 Å². The zero-order valence-electron chi connectivity index (χ0n) is 9.93. The number of hydrogen-bond acceptors (Lipinski definition) is 5.